The van der Waals surface area contributed by atoms with Crippen LogP contribution in [-0.2, 0) is 25.4 Å². The highest BCUT2D eigenvalue weighted by atomic mass is 32.2. The van der Waals surface area contributed by atoms with Gasteiger partial charge in [0.15, 0.2) is 16.3 Å². The lowest BCUT2D eigenvalue weighted by atomic mass is 10.2. The zero-order chi connectivity index (χ0) is 20.5. The second-order valence-electron chi connectivity index (χ2n) is 7.20. The van der Waals surface area contributed by atoms with Crippen molar-refractivity contribution in [3.05, 3.63) is 20.8 Å². The first-order valence-electron chi connectivity index (χ1n) is 9.21. The third kappa shape index (κ3) is 3.97. The van der Waals surface area contributed by atoms with Crippen molar-refractivity contribution in [2.75, 3.05) is 5.75 Å². The van der Waals surface area contributed by atoms with Gasteiger partial charge in [-0.3, -0.25) is 18.7 Å². The molecule has 27 heavy (non-hydrogen) atoms. The molecule has 0 radical (unpaired) electrons. The van der Waals surface area contributed by atoms with Crippen molar-refractivity contribution in [1.82, 2.24) is 23.6 Å². The number of carbonyl (C=O) groups is 1. The molecule has 0 saturated carbocycles. The third-order valence-electron chi connectivity index (χ3n) is 4.49. The Balaban J connectivity index is 2.47. The summed E-state index contributed by atoms with van der Waals surface area (Å²) in [6, 6.07) is 0.223. The fraction of sp³-hybridized carbons (Fsp3) is 0.667. The molecule has 1 amide bonds. The van der Waals surface area contributed by atoms with Crippen LogP contribution in [0.4, 0.5) is 0 Å². The van der Waals surface area contributed by atoms with Gasteiger partial charge in [0.25, 0.3) is 5.56 Å². The van der Waals surface area contributed by atoms with Crippen LogP contribution in [0.1, 0.15) is 41.0 Å². The van der Waals surface area contributed by atoms with Crippen LogP contribution >= 0.6 is 11.8 Å². The van der Waals surface area contributed by atoms with E-state index < -0.39 is 5.69 Å². The summed E-state index contributed by atoms with van der Waals surface area (Å²) >= 11 is 1.31. The van der Waals surface area contributed by atoms with Gasteiger partial charge in [-0.25, -0.2) is 9.78 Å². The molecular weight excluding hydrogens is 366 g/mol. The summed E-state index contributed by atoms with van der Waals surface area (Å²) in [7, 11) is 3.07. The predicted octanol–water partition coefficient (Wildman–Crippen LogP) is 1.58. The molecule has 0 saturated heterocycles. The van der Waals surface area contributed by atoms with Gasteiger partial charge < -0.3 is 9.47 Å². The van der Waals surface area contributed by atoms with Crippen molar-refractivity contribution in [2.45, 2.75) is 64.8 Å². The van der Waals surface area contributed by atoms with Crippen LogP contribution in [0.5, 0.6) is 0 Å². The molecule has 0 aliphatic carbocycles. The van der Waals surface area contributed by atoms with Crippen LogP contribution in [0, 0.1) is 0 Å². The van der Waals surface area contributed by atoms with Crippen LogP contribution in [0.3, 0.4) is 0 Å². The monoisotopic (exact) mass is 395 g/mol. The minimum atomic E-state index is -0.410. The van der Waals surface area contributed by atoms with Gasteiger partial charge in [0.05, 0.1) is 5.75 Å². The van der Waals surface area contributed by atoms with E-state index in [1.54, 1.807) is 7.05 Å². The van der Waals surface area contributed by atoms with Crippen LogP contribution in [0.25, 0.3) is 11.2 Å². The molecule has 0 aliphatic heterocycles. The van der Waals surface area contributed by atoms with Gasteiger partial charge in [0, 0.05) is 32.7 Å². The van der Waals surface area contributed by atoms with E-state index in [2.05, 4.69) is 4.98 Å². The Morgan fingerprint density at radius 3 is 2.22 bits per heavy atom. The maximum absolute atomic E-state index is 12.7. The van der Waals surface area contributed by atoms with E-state index in [1.165, 1.54) is 23.4 Å². The molecule has 0 bridgehead atoms. The van der Waals surface area contributed by atoms with Crippen molar-refractivity contribution in [3.8, 4) is 0 Å². The molecule has 150 valence electrons. The Morgan fingerprint density at radius 1 is 1.11 bits per heavy atom. The fourth-order valence-electron chi connectivity index (χ4n) is 3.34. The zero-order valence-corrected chi connectivity index (χ0v) is 18.0. The summed E-state index contributed by atoms with van der Waals surface area (Å²) in [5.41, 5.74) is -0.0117. The van der Waals surface area contributed by atoms with Crippen LogP contribution < -0.4 is 11.2 Å². The summed E-state index contributed by atoms with van der Waals surface area (Å²) in [4.78, 5) is 43.9. The van der Waals surface area contributed by atoms with Crippen LogP contribution in [0.15, 0.2) is 14.7 Å². The number of fused-ring (bicyclic) bond motifs is 1. The van der Waals surface area contributed by atoms with Crippen molar-refractivity contribution in [1.29, 1.82) is 0 Å². The maximum atomic E-state index is 12.7. The normalized spacial score (nSPS) is 11.7. The van der Waals surface area contributed by atoms with Crippen molar-refractivity contribution < 1.29 is 4.79 Å². The predicted molar refractivity (Wildman–Crippen MR) is 108 cm³/mol. The summed E-state index contributed by atoms with van der Waals surface area (Å²) in [6.07, 6.45) is 0.809. The van der Waals surface area contributed by atoms with E-state index in [1.807, 2.05) is 44.1 Å². The number of hydrogen-bond acceptors (Lipinski definition) is 5. The lowest BCUT2D eigenvalue weighted by Crippen LogP contribution is -2.43. The molecule has 2 aromatic rings. The SMILES string of the molecule is CCCn1c(SCC(=O)N(C(C)C)C(C)C)nc2c1c(=O)n(C)c(=O)n2C. The number of nitrogens with zero attached hydrogens (tertiary/aromatic N) is 5. The van der Waals surface area contributed by atoms with Gasteiger partial charge in [-0.05, 0) is 34.1 Å². The molecule has 2 aromatic heterocycles. The Kier molecular flexibility index (Phi) is 6.56. The fourth-order valence-corrected chi connectivity index (χ4v) is 4.23. The van der Waals surface area contributed by atoms with Gasteiger partial charge in [-0.2, -0.15) is 0 Å². The number of carbonyl (C=O) groups excluding carboxylic acids is 1. The maximum Gasteiger partial charge on any atom is 0.332 e. The summed E-state index contributed by atoms with van der Waals surface area (Å²) in [6.45, 7) is 10.6. The van der Waals surface area contributed by atoms with E-state index in [9.17, 15) is 14.4 Å². The quantitative estimate of drug-likeness (QED) is 0.665. The molecule has 0 atom stereocenters. The second-order valence-corrected chi connectivity index (χ2v) is 8.14. The van der Waals surface area contributed by atoms with E-state index >= 15 is 0 Å². The third-order valence-corrected chi connectivity index (χ3v) is 5.45. The molecule has 0 aliphatic rings. The first kappa shape index (κ1) is 21.3. The molecule has 0 N–H and O–H groups in total. The van der Waals surface area contributed by atoms with Gasteiger partial charge in [-0.15, -0.1) is 0 Å². The zero-order valence-electron chi connectivity index (χ0n) is 17.1. The largest absolute Gasteiger partial charge is 0.337 e. The van der Waals surface area contributed by atoms with Gasteiger partial charge >= 0.3 is 5.69 Å². The molecule has 2 rings (SSSR count). The van der Waals surface area contributed by atoms with Gasteiger partial charge in [-0.1, -0.05) is 18.7 Å². The lowest BCUT2D eigenvalue weighted by molar-refractivity contribution is -0.131. The van der Waals surface area contributed by atoms with Crippen molar-refractivity contribution >= 4 is 28.8 Å². The average molecular weight is 396 g/mol. The number of hydrogen-bond donors (Lipinski definition) is 0. The van der Waals surface area contributed by atoms with E-state index in [0.29, 0.717) is 22.9 Å². The molecule has 8 nitrogen and oxygen atoms in total. The highest BCUT2D eigenvalue weighted by Gasteiger charge is 2.23. The average Bonchev–Trinajstić information content (AvgIpc) is 2.94. The van der Waals surface area contributed by atoms with Crippen LogP contribution in [-0.4, -0.2) is 47.3 Å². The molecule has 9 heteroatoms. The Labute approximate surface area is 163 Å². The summed E-state index contributed by atoms with van der Waals surface area (Å²) in [5.74, 6) is 0.263. The summed E-state index contributed by atoms with van der Waals surface area (Å²) in [5, 5.41) is 0.589. The molecule has 0 spiro atoms. The number of imidazole rings is 1. The van der Waals surface area contributed by atoms with E-state index in [-0.39, 0.29) is 29.3 Å². The number of amides is 1. The highest BCUT2D eigenvalue weighted by molar-refractivity contribution is 7.99. The Bertz CT molecular complexity index is 947. The number of aromatic nitrogens is 4. The second kappa shape index (κ2) is 8.33. The number of rotatable bonds is 7. The number of thioether (sulfide) groups is 1. The molecule has 0 aromatic carbocycles. The summed E-state index contributed by atoms with van der Waals surface area (Å²) < 4.78 is 4.29. The standard InChI is InChI=1S/C18H29N5O3S/c1-8-9-22-14-15(20(6)18(26)21(7)16(14)25)19-17(22)27-10-13(24)23(11(2)3)12(4)5/h11-12H,8-10H2,1-7H3. The molecule has 0 unspecified atom stereocenters. The number of aryl methyl sites for hydroxylation is 2. The van der Waals surface area contributed by atoms with Gasteiger partial charge in [0.2, 0.25) is 5.91 Å². The van der Waals surface area contributed by atoms with Crippen molar-refractivity contribution in [3.63, 3.8) is 0 Å². The smallest absolute Gasteiger partial charge is 0.332 e. The first-order valence-corrected chi connectivity index (χ1v) is 10.2. The van der Waals surface area contributed by atoms with Crippen molar-refractivity contribution in [2.24, 2.45) is 14.1 Å². The Morgan fingerprint density at radius 2 is 1.70 bits per heavy atom. The first-order chi connectivity index (χ1) is 12.6. The minimum absolute atomic E-state index is 0.0295. The van der Waals surface area contributed by atoms with E-state index in [4.69, 9.17) is 0 Å². The van der Waals surface area contributed by atoms with Crippen LogP contribution in [0.2, 0.25) is 0 Å². The van der Waals surface area contributed by atoms with E-state index in [0.717, 1.165) is 11.0 Å². The molecule has 0 fully saturated rings. The highest BCUT2D eigenvalue weighted by Crippen LogP contribution is 2.23. The molecule has 2 heterocycles. The minimum Gasteiger partial charge on any atom is -0.337 e. The lowest BCUT2D eigenvalue weighted by Gasteiger charge is -2.30. The topological polar surface area (TPSA) is 82.1 Å². The Hall–Kier alpha value is -2.03. The van der Waals surface area contributed by atoms with Gasteiger partial charge in [0.1, 0.15) is 0 Å². The molecular formula is C18H29N5O3S.